The topological polar surface area (TPSA) is 69.7 Å². The fraction of sp³-hybridized carbons (Fsp3) is 0.688. The minimum absolute atomic E-state index is 0.166. The molecule has 0 aliphatic heterocycles. The van der Waals surface area contributed by atoms with E-state index in [0.29, 0.717) is 12.8 Å². The molecule has 1 fully saturated rings. The number of hydrogen-bond acceptors (Lipinski definition) is 5. The Labute approximate surface area is 125 Å². The summed E-state index contributed by atoms with van der Waals surface area (Å²) in [6.07, 6.45) is 6.79. The molecule has 1 atom stereocenters. The van der Waals surface area contributed by atoms with E-state index in [9.17, 15) is 14.4 Å². The second kappa shape index (κ2) is 8.60. The minimum Gasteiger partial charge on any atom is -0.465 e. The van der Waals surface area contributed by atoms with Crippen molar-refractivity contribution in [2.75, 3.05) is 13.2 Å². The van der Waals surface area contributed by atoms with Gasteiger partial charge in [-0.15, -0.1) is 0 Å². The van der Waals surface area contributed by atoms with Gasteiger partial charge in [0, 0.05) is 12.5 Å². The summed E-state index contributed by atoms with van der Waals surface area (Å²) in [7, 11) is 0. The minimum atomic E-state index is -1.33. The van der Waals surface area contributed by atoms with Crippen LogP contribution < -0.4 is 0 Å². The fourth-order valence-electron chi connectivity index (χ4n) is 2.53. The highest BCUT2D eigenvalue weighted by atomic mass is 16.5. The molecule has 0 saturated heterocycles. The smallest absolute Gasteiger partial charge is 0.330 e. The Hall–Kier alpha value is -1.65. The highest BCUT2D eigenvalue weighted by Gasteiger charge is 2.44. The van der Waals surface area contributed by atoms with Crippen LogP contribution in [-0.4, -0.2) is 30.9 Å². The predicted molar refractivity (Wildman–Crippen MR) is 77.5 cm³/mol. The first-order chi connectivity index (χ1) is 10.1. The molecule has 0 bridgehead atoms. The molecule has 0 spiro atoms. The van der Waals surface area contributed by atoms with Crippen LogP contribution in [0.5, 0.6) is 0 Å². The van der Waals surface area contributed by atoms with Crippen molar-refractivity contribution < 1.29 is 23.9 Å². The zero-order chi connectivity index (χ0) is 15.7. The van der Waals surface area contributed by atoms with Crippen LogP contribution in [0.1, 0.15) is 52.4 Å². The second-order valence-electron chi connectivity index (χ2n) is 5.11. The number of Topliss-reactive ketones (excluding diaryl/α,β-unsaturated/α-hetero) is 1. The lowest BCUT2D eigenvalue weighted by Crippen LogP contribution is -2.40. The van der Waals surface area contributed by atoms with E-state index >= 15 is 0 Å². The zero-order valence-corrected chi connectivity index (χ0v) is 12.9. The Morgan fingerprint density at radius 1 is 1.10 bits per heavy atom. The fourth-order valence-corrected chi connectivity index (χ4v) is 2.53. The van der Waals surface area contributed by atoms with Gasteiger partial charge >= 0.3 is 11.9 Å². The highest BCUT2D eigenvalue weighted by Crippen LogP contribution is 2.34. The molecule has 0 amide bonds. The van der Waals surface area contributed by atoms with Gasteiger partial charge in [-0.25, -0.2) is 4.79 Å². The summed E-state index contributed by atoms with van der Waals surface area (Å²) in [4.78, 5) is 36.3. The van der Waals surface area contributed by atoms with Gasteiger partial charge < -0.3 is 9.47 Å². The van der Waals surface area contributed by atoms with Crippen molar-refractivity contribution in [2.45, 2.75) is 52.4 Å². The molecular formula is C16H24O5. The largest absolute Gasteiger partial charge is 0.465 e. The molecule has 0 heterocycles. The van der Waals surface area contributed by atoms with Crippen molar-refractivity contribution in [1.29, 1.82) is 0 Å². The molecule has 1 saturated carbocycles. The number of rotatable bonds is 5. The summed E-state index contributed by atoms with van der Waals surface area (Å²) in [5.41, 5.74) is -1.33. The molecule has 1 unspecified atom stereocenters. The normalized spacial score (nSPS) is 23.4. The maximum Gasteiger partial charge on any atom is 0.330 e. The Morgan fingerprint density at radius 3 is 2.43 bits per heavy atom. The van der Waals surface area contributed by atoms with Crippen LogP contribution in [-0.2, 0) is 23.9 Å². The highest BCUT2D eigenvalue weighted by molar-refractivity contribution is 6.06. The van der Waals surface area contributed by atoms with Crippen molar-refractivity contribution in [3.8, 4) is 0 Å². The molecule has 1 aliphatic rings. The van der Waals surface area contributed by atoms with Crippen LogP contribution in [0.3, 0.4) is 0 Å². The van der Waals surface area contributed by atoms with Crippen LogP contribution >= 0.6 is 0 Å². The van der Waals surface area contributed by atoms with Crippen molar-refractivity contribution in [3.63, 3.8) is 0 Å². The molecule has 21 heavy (non-hydrogen) atoms. The van der Waals surface area contributed by atoms with E-state index in [2.05, 4.69) is 0 Å². The van der Waals surface area contributed by atoms with Gasteiger partial charge in [-0.05, 0) is 26.7 Å². The van der Waals surface area contributed by atoms with Crippen LogP contribution in [0.25, 0.3) is 0 Å². The Morgan fingerprint density at radius 2 is 1.76 bits per heavy atom. The quantitative estimate of drug-likeness (QED) is 0.443. The van der Waals surface area contributed by atoms with E-state index < -0.39 is 17.4 Å². The molecule has 0 aromatic carbocycles. The number of hydrogen-bond donors (Lipinski definition) is 0. The monoisotopic (exact) mass is 296 g/mol. The van der Waals surface area contributed by atoms with Gasteiger partial charge in [0.2, 0.25) is 0 Å². The number of ketones is 1. The van der Waals surface area contributed by atoms with Crippen LogP contribution in [0.2, 0.25) is 0 Å². The number of carbonyl (C=O) groups is 3. The van der Waals surface area contributed by atoms with Crippen molar-refractivity contribution in [1.82, 2.24) is 0 Å². The lowest BCUT2D eigenvalue weighted by molar-refractivity contribution is -0.157. The average Bonchev–Trinajstić information content (AvgIpc) is 2.43. The molecule has 0 N–H and O–H groups in total. The zero-order valence-electron chi connectivity index (χ0n) is 12.9. The molecule has 5 nitrogen and oxygen atoms in total. The lowest BCUT2D eigenvalue weighted by Gasteiger charge is -2.28. The molecule has 0 radical (unpaired) electrons. The van der Waals surface area contributed by atoms with E-state index in [1.165, 1.54) is 12.2 Å². The average molecular weight is 296 g/mol. The standard InChI is InChI=1S/C16H24O5/c1-3-20-14(18)10-12-16(15(19)21-4-2)11-8-6-5-7-9-13(16)17/h10,12H,3-9,11H2,1-2H3/b12-10+. The first-order valence-electron chi connectivity index (χ1n) is 7.63. The molecule has 1 aliphatic carbocycles. The van der Waals surface area contributed by atoms with Gasteiger partial charge in [0.25, 0.3) is 0 Å². The van der Waals surface area contributed by atoms with Crippen molar-refractivity contribution >= 4 is 17.7 Å². The summed E-state index contributed by atoms with van der Waals surface area (Å²) < 4.78 is 9.90. The molecule has 1 rings (SSSR count). The third kappa shape index (κ3) is 4.69. The first-order valence-corrected chi connectivity index (χ1v) is 7.63. The van der Waals surface area contributed by atoms with Crippen LogP contribution in [0.15, 0.2) is 12.2 Å². The molecule has 0 aromatic heterocycles. The second-order valence-corrected chi connectivity index (χ2v) is 5.11. The van der Waals surface area contributed by atoms with Gasteiger partial charge in [-0.2, -0.15) is 0 Å². The van der Waals surface area contributed by atoms with E-state index in [0.717, 1.165) is 25.7 Å². The summed E-state index contributed by atoms with van der Waals surface area (Å²) in [6, 6.07) is 0. The molecule has 118 valence electrons. The van der Waals surface area contributed by atoms with Gasteiger partial charge in [-0.3, -0.25) is 9.59 Å². The number of ether oxygens (including phenoxy) is 2. The van der Waals surface area contributed by atoms with Gasteiger partial charge in [0.15, 0.2) is 5.78 Å². The number of esters is 2. The first kappa shape index (κ1) is 17.4. The van der Waals surface area contributed by atoms with Gasteiger partial charge in [-0.1, -0.05) is 25.3 Å². The third-order valence-corrected chi connectivity index (χ3v) is 3.65. The van der Waals surface area contributed by atoms with Gasteiger partial charge in [0.1, 0.15) is 5.41 Å². The summed E-state index contributed by atoms with van der Waals surface area (Å²) in [6.45, 7) is 3.87. The van der Waals surface area contributed by atoms with Crippen LogP contribution in [0, 0.1) is 5.41 Å². The SMILES string of the molecule is CCOC(=O)/C=C/C1(C(=O)OCC)CCCCCCC1=O. The van der Waals surface area contributed by atoms with E-state index in [1.54, 1.807) is 13.8 Å². The maximum atomic E-state index is 12.5. The van der Waals surface area contributed by atoms with E-state index in [-0.39, 0.29) is 19.0 Å². The van der Waals surface area contributed by atoms with E-state index in [4.69, 9.17) is 9.47 Å². The predicted octanol–water partition coefficient (Wildman–Crippen LogP) is 2.58. The summed E-state index contributed by atoms with van der Waals surface area (Å²) >= 11 is 0. The van der Waals surface area contributed by atoms with Crippen LogP contribution in [0.4, 0.5) is 0 Å². The summed E-state index contributed by atoms with van der Waals surface area (Å²) in [5, 5.41) is 0. The Balaban J connectivity index is 3.04. The van der Waals surface area contributed by atoms with Crippen molar-refractivity contribution in [3.05, 3.63) is 12.2 Å². The lowest BCUT2D eigenvalue weighted by atomic mass is 9.75. The van der Waals surface area contributed by atoms with E-state index in [1.807, 2.05) is 0 Å². The number of carbonyl (C=O) groups excluding carboxylic acids is 3. The maximum absolute atomic E-state index is 12.5. The molecular weight excluding hydrogens is 272 g/mol. The third-order valence-electron chi connectivity index (χ3n) is 3.65. The Kier molecular flexibility index (Phi) is 7.12. The van der Waals surface area contributed by atoms with Crippen molar-refractivity contribution in [2.24, 2.45) is 5.41 Å². The Bertz CT molecular complexity index is 403. The molecule has 5 heteroatoms. The molecule has 0 aromatic rings. The van der Waals surface area contributed by atoms with Gasteiger partial charge in [0.05, 0.1) is 13.2 Å². The summed E-state index contributed by atoms with van der Waals surface area (Å²) in [5.74, 6) is -1.27.